The van der Waals surface area contributed by atoms with Gasteiger partial charge in [-0.3, -0.25) is 4.79 Å². The Morgan fingerprint density at radius 1 is 1.69 bits per heavy atom. The molecule has 1 N–H and O–H groups in total. The van der Waals surface area contributed by atoms with E-state index in [4.69, 9.17) is 5.11 Å². The maximum absolute atomic E-state index is 10.4. The van der Waals surface area contributed by atoms with Crippen LogP contribution in [0.5, 0.6) is 0 Å². The first-order valence-corrected chi connectivity index (χ1v) is 6.02. The zero-order valence-electron chi connectivity index (χ0n) is 8.19. The number of carboxylic acids is 1. The lowest BCUT2D eigenvalue weighted by atomic mass is 10.5. The lowest BCUT2D eigenvalue weighted by Gasteiger charge is -1.94. The van der Waals surface area contributed by atoms with Crippen LogP contribution in [-0.2, 0) is 11.8 Å². The van der Waals surface area contributed by atoms with Gasteiger partial charge in [0.15, 0.2) is 5.16 Å². The van der Waals surface area contributed by atoms with E-state index >= 15 is 0 Å². The predicted octanol–water partition coefficient (Wildman–Crippen LogP) is 0.510. The fourth-order valence-electron chi connectivity index (χ4n) is 0.993. The average Bonchev–Trinajstić information content (AvgIpc) is 2.83. The number of carboxylic acid groups (broad SMARTS) is 1. The van der Waals surface area contributed by atoms with E-state index < -0.39 is 5.97 Å². The van der Waals surface area contributed by atoms with Gasteiger partial charge in [0.25, 0.3) is 0 Å². The van der Waals surface area contributed by atoms with Gasteiger partial charge < -0.3 is 5.11 Å². The lowest BCUT2D eigenvalue weighted by Crippen LogP contribution is -2.00. The van der Waals surface area contributed by atoms with Gasteiger partial charge in [-0.2, -0.15) is 4.98 Å². The van der Waals surface area contributed by atoms with Crippen molar-refractivity contribution in [3.63, 3.8) is 0 Å². The molecule has 2 heterocycles. The van der Waals surface area contributed by atoms with Crippen LogP contribution in [0.2, 0.25) is 0 Å². The minimum atomic E-state index is -0.884. The first kappa shape index (κ1) is 11.0. The van der Waals surface area contributed by atoms with Crippen LogP contribution in [0.25, 0.3) is 11.5 Å². The molecule has 0 unspecified atom stereocenters. The molecule has 0 atom stereocenters. The van der Waals surface area contributed by atoms with Gasteiger partial charge in [-0.15, -0.1) is 10.2 Å². The molecule has 0 saturated heterocycles. The Labute approximate surface area is 98.7 Å². The highest BCUT2D eigenvalue weighted by atomic mass is 32.2. The summed E-state index contributed by atoms with van der Waals surface area (Å²) in [7, 11) is 1.71. The topological polar surface area (TPSA) is 93.8 Å². The highest BCUT2D eigenvalue weighted by Gasteiger charge is 2.12. The van der Waals surface area contributed by atoms with Crippen molar-refractivity contribution < 1.29 is 9.90 Å². The molecule has 2 aromatic heterocycles. The molecule has 0 aliphatic heterocycles. The highest BCUT2D eigenvalue weighted by Crippen LogP contribution is 2.19. The summed E-state index contributed by atoms with van der Waals surface area (Å²) in [5, 5.41) is 18.8. The van der Waals surface area contributed by atoms with E-state index in [1.165, 1.54) is 16.2 Å². The van der Waals surface area contributed by atoms with E-state index in [1.54, 1.807) is 12.4 Å². The van der Waals surface area contributed by atoms with Crippen LogP contribution >= 0.6 is 23.3 Å². The van der Waals surface area contributed by atoms with E-state index in [9.17, 15) is 4.79 Å². The number of hydrogen-bond donors (Lipinski definition) is 1. The summed E-state index contributed by atoms with van der Waals surface area (Å²) in [6, 6.07) is 0. The number of thioether (sulfide) groups is 1. The molecule has 0 amide bonds. The molecule has 0 bridgehead atoms. The normalized spacial score (nSPS) is 10.6. The zero-order chi connectivity index (χ0) is 11.5. The Morgan fingerprint density at radius 3 is 3.12 bits per heavy atom. The van der Waals surface area contributed by atoms with Crippen LogP contribution in [0.1, 0.15) is 0 Å². The van der Waals surface area contributed by atoms with Crippen molar-refractivity contribution in [3.05, 3.63) is 5.38 Å². The van der Waals surface area contributed by atoms with Gasteiger partial charge in [0.05, 0.1) is 5.75 Å². The van der Waals surface area contributed by atoms with E-state index in [0.29, 0.717) is 16.7 Å². The highest BCUT2D eigenvalue weighted by molar-refractivity contribution is 7.99. The first-order valence-electron chi connectivity index (χ1n) is 4.20. The molecule has 0 saturated carbocycles. The van der Waals surface area contributed by atoms with Crippen LogP contribution in [0.3, 0.4) is 0 Å². The van der Waals surface area contributed by atoms with Crippen LogP contribution < -0.4 is 0 Å². The summed E-state index contributed by atoms with van der Waals surface area (Å²) >= 11 is 2.33. The third-order valence-electron chi connectivity index (χ3n) is 1.64. The molecule has 0 radical (unpaired) electrons. The van der Waals surface area contributed by atoms with Crippen LogP contribution in [-0.4, -0.2) is 41.2 Å². The minimum Gasteiger partial charge on any atom is -0.481 e. The largest absolute Gasteiger partial charge is 0.481 e. The van der Waals surface area contributed by atoms with Gasteiger partial charge >= 0.3 is 5.97 Å². The van der Waals surface area contributed by atoms with Gasteiger partial charge in [-0.1, -0.05) is 16.3 Å². The number of rotatable bonds is 4. The number of aryl methyl sites for hydroxylation is 1. The lowest BCUT2D eigenvalue weighted by molar-refractivity contribution is -0.133. The van der Waals surface area contributed by atoms with Crippen molar-refractivity contribution in [2.45, 2.75) is 5.16 Å². The molecule has 2 rings (SSSR count). The van der Waals surface area contributed by atoms with E-state index in [2.05, 4.69) is 19.7 Å². The molecule has 0 spiro atoms. The average molecular weight is 257 g/mol. The molecule has 16 heavy (non-hydrogen) atoms. The Bertz CT molecular complexity index is 495. The van der Waals surface area contributed by atoms with Gasteiger partial charge in [0, 0.05) is 12.4 Å². The fraction of sp³-hybridized carbons (Fsp3) is 0.286. The number of hydrogen-bond acceptors (Lipinski definition) is 7. The Kier molecular flexibility index (Phi) is 3.15. The van der Waals surface area contributed by atoms with Crippen molar-refractivity contribution in [2.75, 3.05) is 5.75 Å². The van der Waals surface area contributed by atoms with E-state index in [0.717, 1.165) is 11.8 Å². The molecule has 2 aromatic rings. The van der Waals surface area contributed by atoms with Crippen molar-refractivity contribution in [2.24, 2.45) is 7.05 Å². The van der Waals surface area contributed by atoms with Gasteiger partial charge in [0.2, 0.25) is 5.82 Å². The molecule has 0 aromatic carbocycles. The van der Waals surface area contributed by atoms with Crippen molar-refractivity contribution >= 4 is 29.3 Å². The van der Waals surface area contributed by atoms with Gasteiger partial charge in [-0.05, 0) is 11.5 Å². The van der Waals surface area contributed by atoms with Crippen molar-refractivity contribution in [1.29, 1.82) is 0 Å². The number of carbonyl (C=O) groups is 1. The van der Waals surface area contributed by atoms with E-state index in [1.807, 2.05) is 0 Å². The summed E-state index contributed by atoms with van der Waals surface area (Å²) in [4.78, 5) is 14.6. The Morgan fingerprint density at radius 2 is 2.50 bits per heavy atom. The van der Waals surface area contributed by atoms with Crippen LogP contribution in [0, 0.1) is 0 Å². The summed E-state index contributed by atoms with van der Waals surface area (Å²) in [6.45, 7) is 0. The second-order valence-electron chi connectivity index (χ2n) is 2.81. The molecular formula is C7H7N5O2S2. The number of aromatic nitrogens is 5. The molecule has 0 aliphatic carbocycles. The molecule has 0 fully saturated rings. The van der Waals surface area contributed by atoms with Crippen molar-refractivity contribution in [3.8, 4) is 11.5 Å². The molecule has 9 heteroatoms. The fourth-order valence-corrected chi connectivity index (χ4v) is 2.06. The summed E-state index contributed by atoms with van der Waals surface area (Å²) < 4.78 is 5.24. The summed E-state index contributed by atoms with van der Waals surface area (Å²) in [5.74, 6) is -0.463. The standard InChI is InChI=1S/C7H7N5O2S2/c1-12-7(15-3-5(13)14)8-6(10-12)4-2-16-11-9-4/h2H,3H2,1H3,(H,13,14). The zero-order valence-corrected chi connectivity index (χ0v) is 9.83. The SMILES string of the molecule is Cn1nc(-c2csnn2)nc1SCC(=O)O. The smallest absolute Gasteiger partial charge is 0.313 e. The summed E-state index contributed by atoms with van der Waals surface area (Å²) in [5.41, 5.74) is 0.600. The summed E-state index contributed by atoms with van der Waals surface area (Å²) in [6.07, 6.45) is 0. The molecular weight excluding hydrogens is 250 g/mol. The second kappa shape index (κ2) is 4.58. The minimum absolute atomic E-state index is 0.0404. The quantitative estimate of drug-likeness (QED) is 0.797. The molecule has 0 aliphatic rings. The maximum Gasteiger partial charge on any atom is 0.313 e. The number of aliphatic carboxylic acids is 1. The Balaban J connectivity index is 2.19. The third kappa shape index (κ3) is 2.36. The Hall–Kier alpha value is -1.48. The predicted molar refractivity (Wildman–Crippen MR) is 58.3 cm³/mol. The maximum atomic E-state index is 10.4. The third-order valence-corrected chi connectivity index (χ3v) is 3.15. The van der Waals surface area contributed by atoms with Gasteiger partial charge in [0.1, 0.15) is 5.69 Å². The second-order valence-corrected chi connectivity index (χ2v) is 4.37. The van der Waals surface area contributed by atoms with Crippen LogP contribution in [0.15, 0.2) is 10.5 Å². The number of nitrogens with zero attached hydrogens (tertiary/aromatic N) is 5. The monoisotopic (exact) mass is 257 g/mol. The molecule has 84 valence electrons. The van der Waals surface area contributed by atoms with Crippen LogP contribution in [0.4, 0.5) is 0 Å². The molecule has 7 nitrogen and oxygen atoms in total. The van der Waals surface area contributed by atoms with Crippen molar-refractivity contribution in [1.82, 2.24) is 24.4 Å². The van der Waals surface area contributed by atoms with Gasteiger partial charge in [-0.25, -0.2) is 4.68 Å². The first-order chi connectivity index (χ1) is 7.66. The van der Waals surface area contributed by atoms with E-state index in [-0.39, 0.29) is 5.75 Å².